The zero-order valence-electron chi connectivity index (χ0n) is 15.6. The molecule has 0 fully saturated rings. The van der Waals surface area contributed by atoms with Crippen LogP contribution >= 0.6 is 0 Å². The van der Waals surface area contributed by atoms with Crippen molar-refractivity contribution >= 4 is 21.9 Å². The van der Waals surface area contributed by atoms with Gasteiger partial charge in [-0.15, -0.1) is 0 Å². The van der Waals surface area contributed by atoms with Gasteiger partial charge in [-0.2, -0.15) is 4.72 Å². The van der Waals surface area contributed by atoms with E-state index >= 15 is 0 Å². The molecular formula is C17H26N2O6S. The number of amides is 1. The molecule has 26 heavy (non-hydrogen) atoms. The van der Waals surface area contributed by atoms with Crippen LogP contribution in [0.25, 0.3) is 0 Å². The average Bonchev–Trinajstić information content (AvgIpc) is 2.57. The van der Waals surface area contributed by atoms with Crippen LogP contribution in [0.15, 0.2) is 35.2 Å². The van der Waals surface area contributed by atoms with Crippen LogP contribution in [0.3, 0.4) is 0 Å². The molecule has 0 bridgehead atoms. The van der Waals surface area contributed by atoms with Crippen LogP contribution in [0.5, 0.6) is 0 Å². The van der Waals surface area contributed by atoms with Crippen molar-refractivity contribution in [1.29, 1.82) is 0 Å². The Hall–Kier alpha value is -1.97. The van der Waals surface area contributed by atoms with Crippen molar-refractivity contribution in [3.05, 3.63) is 30.3 Å². The summed E-state index contributed by atoms with van der Waals surface area (Å²) < 4.78 is 37.5. The molecule has 146 valence electrons. The molecule has 0 heterocycles. The Morgan fingerprint density at radius 2 is 1.73 bits per heavy atom. The van der Waals surface area contributed by atoms with E-state index in [1.165, 1.54) is 26.2 Å². The van der Waals surface area contributed by atoms with Crippen LogP contribution in [-0.4, -0.2) is 51.7 Å². The number of hydrogen-bond acceptors (Lipinski definition) is 6. The highest BCUT2D eigenvalue weighted by atomic mass is 32.2. The number of esters is 1. The molecular weight excluding hydrogens is 360 g/mol. The number of methoxy groups -OCH3 is 1. The molecule has 8 nitrogen and oxygen atoms in total. The molecule has 0 aliphatic carbocycles. The summed E-state index contributed by atoms with van der Waals surface area (Å²) in [5, 5.41) is 2.42. The fourth-order valence-electron chi connectivity index (χ4n) is 1.90. The SMILES string of the molecule is COC(=O)[C@H](C)NC(=O)C(COC(C)(C)C)NS(=O)(=O)c1ccccc1. The largest absolute Gasteiger partial charge is 0.467 e. The first-order valence-electron chi connectivity index (χ1n) is 8.06. The van der Waals surface area contributed by atoms with Gasteiger partial charge in [-0.25, -0.2) is 13.2 Å². The standard InChI is InChI=1S/C17H26N2O6S/c1-12(16(21)24-5)18-15(20)14(11-25-17(2,3)4)19-26(22,23)13-9-7-6-8-10-13/h6-10,12,14,19H,11H2,1-5H3,(H,18,20)/t12-,14?/m0/s1. The molecule has 1 aromatic rings. The lowest BCUT2D eigenvalue weighted by Crippen LogP contribution is -2.53. The molecule has 1 aromatic carbocycles. The number of hydrogen-bond donors (Lipinski definition) is 2. The van der Waals surface area contributed by atoms with Crippen molar-refractivity contribution < 1.29 is 27.5 Å². The lowest BCUT2D eigenvalue weighted by atomic mass is 10.2. The summed E-state index contributed by atoms with van der Waals surface area (Å²) >= 11 is 0. The highest BCUT2D eigenvalue weighted by Gasteiger charge is 2.29. The molecule has 1 rings (SSSR count). The van der Waals surface area contributed by atoms with Gasteiger partial charge in [0.1, 0.15) is 12.1 Å². The summed E-state index contributed by atoms with van der Waals surface area (Å²) in [6.07, 6.45) is 0. The monoisotopic (exact) mass is 386 g/mol. The molecule has 0 aliphatic heterocycles. The van der Waals surface area contributed by atoms with Gasteiger partial charge >= 0.3 is 5.97 Å². The lowest BCUT2D eigenvalue weighted by molar-refractivity contribution is -0.145. The summed E-state index contributed by atoms with van der Waals surface area (Å²) in [7, 11) is -2.74. The predicted molar refractivity (Wildman–Crippen MR) is 95.9 cm³/mol. The van der Waals surface area contributed by atoms with Crippen LogP contribution in [0.2, 0.25) is 0 Å². The van der Waals surface area contributed by atoms with Gasteiger partial charge in [-0.05, 0) is 39.8 Å². The van der Waals surface area contributed by atoms with Crippen molar-refractivity contribution in [2.75, 3.05) is 13.7 Å². The first kappa shape index (κ1) is 22.1. The highest BCUT2D eigenvalue weighted by molar-refractivity contribution is 7.89. The minimum atomic E-state index is -3.94. The Labute approximate surface area is 154 Å². The number of carbonyl (C=O) groups excluding carboxylic acids is 2. The second-order valence-electron chi connectivity index (χ2n) is 6.66. The van der Waals surface area contributed by atoms with Gasteiger partial charge in [-0.1, -0.05) is 18.2 Å². The third kappa shape index (κ3) is 7.11. The maximum absolute atomic E-state index is 12.5. The molecule has 2 N–H and O–H groups in total. The Balaban J connectivity index is 2.97. The second-order valence-corrected chi connectivity index (χ2v) is 8.38. The summed E-state index contributed by atoms with van der Waals surface area (Å²) in [4.78, 5) is 24.0. The van der Waals surface area contributed by atoms with E-state index in [1.807, 2.05) is 0 Å². The van der Waals surface area contributed by atoms with Gasteiger partial charge in [0.15, 0.2) is 0 Å². The maximum atomic E-state index is 12.5. The van der Waals surface area contributed by atoms with Crippen molar-refractivity contribution in [3.63, 3.8) is 0 Å². The fraction of sp³-hybridized carbons (Fsp3) is 0.529. The van der Waals surface area contributed by atoms with Gasteiger partial charge in [0.05, 0.1) is 24.2 Å². The Morgan fingerprint density at radius 3 is 2.23 bits per heavy atom. The summed E-state index contributed by atoms with van der Waals surface area (Å²) in [6, 6.07) is 5.53. The van der Waals surface area contributed by atoms with E-state index in [2.05, 4.69) is 14.8 Å². The molecule has 1 amide bonds. The minimum absolute atomic E-state index is 0.0228. The quantitative estimate of drug-likeness (QED) is 0.640. The maximum Gasteiger partial charge on any atom is 0.328 e. The molecule has 2 atom stereocenters. The van der Waals surface area contributed by atoms with E-state index in [9.17, 15) is 18.0 Å². The predicted octanol–water partition coefficient (Wildman–Crippen LogP) is 0.826. The topological polar surface area (TPSA) is 111 Å². The zero-order chi connectivity index (χ0) is 20.0. The van der Waals surface area contributed by atoms with Crippen molar-refractivity contribution in [2.24, 2.45) is 0 Å². The van der Waals surface area contributed by atoms with Crippen molar-refractivity contribution in [1.82, 2.24) is 10.0 Å². The van der Waals surface area contributed by atoms with Gasteiger partial charge in [0, 0.05) is 0 Å². The molecule has 9 heteroatoms. The molecule has 0 saturated heterocycles. The third-order valence-corrected chi connectivity index (χ3v) is 4.75. The zero-order valence-corrected chi connectivity index (χ0v) is 16.4. The third-order valence-electron chi connectivity index (χ3n) is 3.26. The van der Waals surface area contributed by atoms with Crippen LogP contribution in [0.1, 0.15) is 27.7 Å². The number of carbonyl (C=O) groups is 2. The van der Waals surface area contributed by atoms with Gasteiger partial charge < -0.3 is 14.8 Å². The van der Waals surface area contributed by atoms with E-state index in [4.69, 9.17) is 4.74 Å². The van der Waals surface area contributed by atoms with Crippen LogP contribution in [0, 0.1) is 0 Å². The minimum Gasteiger partial charge on any atom is -0.467 e. The Bertz CT molecular complexity index is 713. The van der Waals surface area contributed by atoms with E-state index in [-0.39, 0.29) is 11.5 Å². The lowest BCUT2D eigenvalue weighted by Gasteiger charge is -2.25. The van der Waals surface area contributed by atoms with Crippen LogP contribution in [-0.2, 0) is 29.1 Å². The number of rotatable bonds is 8. The fourth-order valence-corrected chi connectivity index (χ4v) is 3.10. The molecule has 0 saturated carbocycles. The molecule has 0 spiro atoms. The average molecular weight is 386 g/mol. The second kappa shape index (κ2) is 9.11. The Morgan fingerprint density at radius 1 is 1.15 bits per heavy atom. The van der Waals surface area contributed by atoms with Crippen LogP contribution in [0.4, 0.5) is 0 Å². The van der Waals surface area contributed by atoms with E-state index in [0.717, 1.165) is 0 Å². The normalized spacial score (nSPS) is 14.3. The first-order valence-corrected chi connectivity index (χ1v) is 9.54. The smallest absolute Gasteiger partial charge is 0.328 e. The van der Waals surface area contributed by atoms with E-state index in [1.54, 1.807) is 39.0 Å². The number of nitrogens with one attached hydrogen (secondary N) is 2. The van der Waals surface area contributed by atoms with E-state index < -0.39 is 39.6 Å². The first-order chi connectivity index (χ1) is 12.0. The van der Waals surface area contributed by atoms with Gasteiger partial charge in [0.25, 0.3) is 0 Å². The number of sulfonamides is 1. The summed E-state index contributed by atoms with van der Waals surface area (Å²) in [5.41, 5.74) is -0.579. The molecule has 0 aromatic heterocycles. The van der Waals surface area contributed by atoms with Crippen molar-refractivity contribution in [2.45, 2.75) is 50.3 Å². The number of ether oxygens (including phenoxy) is 2. The van der Waals surface area contributed by atoms with Gasteiger partial charge in [-0.3, -0.25) is 4.79 Å². The number of benzene rings is 1. The van der Waals surface area contributed by atoms with Crippen LogP contribution < -0.4 is 10.0 Å². The summed E-state index contributed by atoms with van der Waals surface area (Å²) in [6.45, 7) is 6.59. The Kier molecular flexibility index (Phi) is 7.73. The molecule has 1 unspecified atom stereocenters. The van der Waals surface area contributed by atoms with E-state index in [0.29, 0.717) is 0 Å². The van der Waals surface area contributed by atoms with Gasteiger partial charge in [0.2, 0.25) is 15.9 Å². The van der Waals surface area contributed by atoms with Crippen molar-refractivity contribution in [3.8, 4) is 0 Å². The highest BCUT2D eigenvalue weighted by Crippen LogP contribution is 2.11. The molecule has 0 radical (unpaired) electrons. The molecule has 0 aliphatic rings. The summed E-state index contributed by atoms with van der Waals surface area (Å²) in [5.74, 6) is -1.33.